The molecule has 4 fully saturated rings. The Bertz CT molecular complexity index is 1950. The molecule has 5 heterocycles. The summed E-state index contributed by atoms with van der Waals surface area (Å²) in [5.41, 5.74) is -0.404. The number of phenols is 1. The summed E-state index contributed by atoms with van der Waals surface area (Å²) in [4.78, 5) is 63.7. The molecule has 1 aromatic carbocycles. The summed E-state index contributed by atoms with van der Waals surface area (Å²) in [6.07, 6.45) is -24.7. The van der Waals surface area contributed by atoms with Crippen LogP contribution in [0, 0.1) is 11.8 Å². The highest BCUT2D eigenvalue weighted by atomic mass is 16.8. The molecule has 0 aliphatic carbocycles. The molecule has 0 unspecified atom stereocenters. The smallest absolute Gasteiger partial charge is 0.342 e. The molecule has 0 aromatic heterocycles. The lowest BCUT2D eigenvalue weighted by atomic mass is 9.81. The summed E-state index contributed by atoms with van der Waals surface area (Å²) in [6.45, 7) is 4.63. The molecule has 366 valence electrons. The van der Waals surface area contributed by atoms with Crippen molar-refractivity contribution in [1.82, 2.24) is 0 Å². The fraction of sp³-hybridized carbons (Fsp3) is 0.634. The van der Waals surface area contributed by atoms with E-state index in [1.165, 1.54) is 12.1 Å². The Labute approximate surface area is 374 Å². The number of rotatable bonds is 15. The second-order valence-electron chi connectivity index (χ2n) is 15.7. The molecule has 25 heteroatoms. The van der Waals surface area contributed by atoms with E-state index in [0.717, 1.165) is 39.2 Å². The van der Waals surface area contributed by atoms with E-state index < -0.39 is 177 Å². The molecule has 0 amide bonds. The van der Waals surface area contributed by atoms with Crippen LogP contribution in [0.2, 0.25) is 0 Å². The molecule has 5 aliphatic rings. The van der Waals surface area contributed by atoms with Gasteiger partial charge in [-0.1, -0.05) is 12.1 Å². The van der Waals surface area contributed by atoms with Crippen molar-refractivity contribution >= 4 is 29.8 Å². The molecule has 66 heavy (non-hydrogen) atoms. The van der Waals surface area contributed by atoms with Crippen LogP contribution in [-0.2, 0) is 71.3 Å². The van der Waals surface area contributed by atoms with Crippen molar-refractivity contribution in [2.75, 3.05) is 26.4 Å². The molecule has 5 aliphatic heterocycles. The number of carbonyl (C=O) groups is 5. The number of para-hydroxylation sites is 1. The van der Waals surface area contributed by atoms with Gasteiger partial charge in [0, 0.05) is 32.6 Å². The number of ether oxygens (including phenoxy) is 12. The van der Waals surface area contributed by atoms with Crippen LogP contribution in [0.4, 0.5) is 0 Å². The molecule has 4 saturated heterocycles. The first kappa shape index (κ1) is 50.4. The lowest BCUT2D eigenvalue weighted by Crippen LogP contribution is -2.65. The number of hydrogen-bond donors (Lipinski definition) is 8. The number of cyclic esters (lactones) is 1. The topological polar surface area (TPSA) is 358 Å². The largest absolute Gasteiger partial charge is 0.504 e. The van der Waals surface area contributed by atoms with Gasteiger partial charge in [0.15, 0.2) is 36.1 Å². The Morgan fingerprint density at radius 3 is 2.03 bits per heavy atom. The summed E-state index contributed by atoms with van der Waals surface area (Å²) < 4.78 is 67.4. The molecule has 18 atom stereocenters. The van der Waals surface area contributed by atoms with E-state index in [0.29, 0.717) is 6.42 Å². The number of aromatic hydroxyl groups is 1. The second-order valence-corrected chi connectivity index (χ2v) is 15.7. The van der Waals surface area contributed by atoms with Crippen molar-refractivity contribution in [3.8, 4) is 11.5 Å². The van der Waals surface area contributed by atoms with Crippen LogP contribution in [0.5, 0.6) is 11.5 Å². The highest BCUT2D eigenvalue weighted by Crippen LogP contribution is 2.41. The Hall–Kier alpha value is -5.03. The van der Waals surface area contributed by atoms with E-state index in [4.69, 9.17) is 56.8 Å². The number of aliphatic hydroxyl groups is 7. The molecule has 8 N–H and O–H groups in total. The number of carbonyl (C=O) groups excluding carboxylic acids is 5. The molecular formula is C41H52O25. The van der Waals surface area contributed by atoms with Gasteiger partial charge in [0.1, 0.15) is 67.1 Å². The zero-order chi connectivity index (χ0) is 48.1. The van der Waals surface area contributed by atoms with Crippen molar-refractivity contribution < 1.29 is 122 Å². The van der Waals surface area contributed by atoms with Crippen molar-refractivity contribution in [2.45, 2.75) is 126 Å². The first-order valence-corrected chi connectivity index (χ1v) is 20.6. The maximum Gasteiger partial charge on any atom is 0.342 e. The summed E-state index contributed by atoms with van der Waals surface area (Å²) in [6, 6.07) is 3.38. The number of benzene rings is 1. The van der Waals surface area contributed by atoms with E-state index >= 15 is 0 Å². The van der Waals surface area contributed by atoms with Crippen molar-refractivity contribution in [3.05, 3.63) is 48.3 Å². The molecule has 0 spiro atoms. The summed E-state index contributed by atoms with van der Waals surface area (Å²) in [7, 11) is 0. The number of fused-ring (bicyclic) bond motifs is 1. The minimum Gasteiger partial charge on any atom is -0.504 e. The van der Waals surface area contributed by atoms with Crippen LogP contribution in [0.25, 0.3) is 0 Å². The van der Waals surface area contributed by atoms with Crippen LogP contribution in [0.15, 0.2) is 42.7 Å². The van der Waals surface area contributed by atoms with Gasteiger partial charge in [0.25, 0.3) is 0 Å². The third kappa shape index (κ3) is 10.9. The number of esters is 5. The van der Waals surface area contributed by atoms with Crippen LogP contribution < -0.4 is 4.74 Å². The number of hydrogen-bond acceptors (Lipinski definition) is 25. The van der Waals surface area contributed by atoms with Gasteiger partial charge in [-0.2, -0.15) is 0 Å². The normalized spacial score (nSPS) is 37.7. The molecule has 25 nitrogen and oxygen atoms in total. The zero-order valence-corrected chi connectivity index (χ0v) is 35.5. The SMILES string of the molecule is C=C[C@H]1[C@H](O[C@@H]2O[C@H](COC(C)=O)[C@@H](OC(=O)c3cccc(O[C@@H]4O[C@H](CO)[C@@H](O[C@@H]5O[C@H](CO)[C@@H](O)[C@H](O)[C@H]5O)[C@H](O)[C@H]4O)c3O)[C@H](OC(C)=O)[C@H]2OC(C)=O)OC=C2C(=O)OCC[C@H]21. The fourth-order valence-corrected chi connectivity index (χ4v) is 8.01. The number of aliphatic hydroxyl groups excluding tert-OH is 7. The van der Waals surface area contributed by atoms with Gasteiger partial charge in [-0.3, -0.25) is 14.4 Å². The zero-order valence-electron chi connectivity index (χ0n) is 35.5. The summed E-state index contributed by atoms with van der Waals surface area (Å²) in [5.74, 6) is -7.33. The molecule has 6 rings (SSSR count). The number of phenolic OH excluding ortho intramolecular Hbond substituents is 1. The third-order valence-corrected chi connectivity index (χ3v) is 11.3. The molecular weight excluding hydrogens is 892 g/mol. The maximum absolute atomic E-state index is 14.0. The minimum absolute atomic E-state index is 0.0984. The predicted octanol–water partition coefficient (Wildman–Crippen LogP) is -3.31. The van der Waals surface area contributed by atoms with E-state index in [1.807, 2.05) is 0 Å². The first-order chi connectivity index (χ1) is 31.4. The van der Waals surface area contributed by atoms with Crippen molar-refractivity contribution in [2.24, 2.45) is 11.8 Å². The highest BCUT2D eigenvalue weighted by molar-refractivity contribution is 5.93. The van der Waals surface area contributed by atoms with Crippen molar-refractivity contribution in [3.63, 3.8) is 0 Å². The van der Waals surface area contributed by atoms with E-state index in [1.54, 1.807) is 0 Å². The summed E-state index contributed by atoms with van der Waals surface area (Å²) >= 11 is 0. The van der Waals surface area contributed by atoms with Gasteiger partial charge >= 0.3 is 29.8 Å². The lowest BCUT2D eigenvalue weighted by molar-refractivity contribution is -0.352. The van der Waals surface area contributed by atoms with Gasteiger partial charge in [0.2, 0.25) is 18.9 Å². The van der Waals surface area contributed by atoms with Gasteiger partial charge in [-0.15, -0.1) is 6.58 Å². The van der Waals surface area contributed by atoms with Gasteiger partial charge in [-0.25, -0.2) is 9.59 Å². The average molecular weight is 945 g/mol. The standard InChI is InChI=1S/C41H52O25/c1-5-18-19-9-10-55-36(53)21(19)13-57-38(18)66-41-35(59-17(4)46)34(58-16(3)45)33(25(63-41)14-56-15(2)44)64-37(54)20-7-6-8-22(26(20)47)60-39-31(52)29(50)32(24(12-43)62-39)65-40-30(51)28(49)27(48)23(11-42)61-40/h5-8,13,18-19,23-25,27-35,38-43,47-52H,1,9-12,14H2,2-4H3/t18-,19+,23-,24-,25-,27-,28+,29-,30-,31-,32-,33-,34+,35-,38+,39-,40+,41+/m1/s1. The predicted molar refractivity (Wildman–Crippen MR) is 208 cm³/mol. The van der Waals surface area contributed by atoms with E-state index in [-0.39, 0.29) is 12.2 Å². The van der Waals surface area contributed by atoms with Crippen LogP contribution in [-0.4, -0.2) is 196 Å². The minimum atomic E-state index is -2.05. The van der Waals surface area contributed by atoms with Gasteiger partial charge in [0.05, 0.1) is 31.7 Å². The van der Waals surface area contributed by atoms with E-state index in [2.05, 4.69) is 6.58 Å². The lowest BCUT2D eigenvalue weighted by Gasteiger charge is -2.46. The Morgan fingerprint density at radius 1 is 0.727 bits per heavy atom. The quantitative estimate of drug-likeness (QED) is 0.0485. The van der Waals surface area contributed by atoms with Crippen LogP contribution >= 0.6 is 0 Å². The average Bonchev–Trinajstić information content (AvgIpc) is 3.27. The van der Waals surface area contributed by atoms with Gasteiger partial charge < -0.3 is 97.7 Å². The van der Waals surface area contributed by atoms with Crippen LogP contribution in [0.1, 0.15) is 37.6 Å². The monoisotopic (exact) mass is 944 g/mol. The van der Waals surface area contributed by atoms with Crippen LogP contribution in [0.3, 0.4) is 0 Å². The molecule has 1 aromatic rings. The molecule has 0 bridgehead atoms. The second kappa shape index (κ2) is 21.7. The fourth-order valence-electron chi connectivity index (χ4n) is 8.01. The summed E-state index contributed by atoms with van der Waals surface area (Å²) in [5, 5.41) is 83.8. The van der Waals surface area contributed by atoms with Crippen molar-refractivity contribution in [1.29, 1.82) is 0 Å². The van der Waals surface area contributed by atoms with Gasteiger partial charge in [-0.05, 0) is 18.6 Å². The molecule has 0 radical (unpaired) electrons. The maximum atomic E-state index is 14.0. The Balaban J connectivity index is 1.23. The third-order valence-electron chi connectivity index (χ3n) is 11.3. The Morgan fingerprint density at radius 2 is 1.38 bits per heavy atom. The first-order valence-electron chi connectivity index (χ1n) is 20.6. The molecule has 0 saturated carbocycles. The Kier molecular flexibility index (Phi) is 16.6. The highest BCUT2D eigenvalue weighted by Gasteiger charge is 2.56. The van der Waals surface area contributed by atoms with E-state index in [9.17, 15) is 64.8 Å².